The van der Waals surface area contributed by atoms with Crippen LogP contribution in [0.15, 0.2) is 24.5 Å². The Morgan fingerprint density at radius 1 is 1.18 bits per heavy atom. The molecule has 0 unspecified atom stereocenters. The normalized spacial score (nSPS) is 27.9. The Bertz CT molecular complexity index is 585. The average molecular weight is 299 g/mol. The predicted octanol–water partition coefficient (Wildman–Crippen LogP) is 1.30. The maximum Gasteiger partial charge on any atom is 0.228 e. The molecule has 1 saturated carbocycles. The number of hydrogen-bond acceptors (Lipinski definition) is 3. The molecule has 0 bridgehead atoms. The highest BCUT2D eigenvalue weighted by molar-refractivity contribution is 5.85. The molecule has 1 aliphatic carbocycles. The van der Waals surface area contributed by atoms with Crippen LogP contribution in [0.25, 0.3) is 0 Å². The van der Waals surface area contributed by atoms with Crippen molar-refractivity contribution < 1.29 is 9.59 Å². The minimum atomic E-state index is 0.0193. The van der Waals surface area contributed by atoms with E-state index in [-0.39, 0.29) is 23.7 Å². The van der Waals surface area contributed by atoms with Gasteiger partial charge in [0.1, 0.15) is 0 Å². The van der Waals surface area contributed by atoms with Gasteiger partial charge in [-0.15, -0.1) is 0 Å². The minimum Gasteiger partial charge on any atom is -0.341 e. The number of pyridine rings is 1. The van der Waals surface area contributed by atoms with E-state index in [4.69, 9.17) is 0 Å². The number of carbonyl (C=O) groups is 2. The molecule has 1 aromatic heterocycles. The van der Waals surface area contributed by atoms with Crippen molar-refractivity contribution in [1.82, 2.24) is 14.8 Å². The number of aromatic nitrogens is 1. The molecule has 0 aromatic carbocycles. The SMILES string of the molecule is O=C(C1CCC1)N1C[C@@H]2CN(Cc3ccncc3)C(=O)[C@@H]2C1. The number of carbonyl (C=O) groups excluding carboxylic acids is 2. The van der Waals surface area contributed by atoms with Crippen LogP contribution in [-0.2, 0) is 16.1 Å². The lowest BCUT2D eigenvalue weighted by Gasteiger charge is -2.30. The lowest BCUT2D eigenvalue weighted by molar-refractivity contribution is -0.138. The van der Waals surface area contributed by atoms with Crippen LogP contribution in [0, 0.1) is 17.8 Å². The van der Waals surface area contributed by atoms with Gasteiger partial charge in [-0.3, -0.25) is 14.6 Å². The standard InChI is InChI=1S/C17H21N3O2/c21-16(13-2-1-3-13)20-10-14-9-19(17(22)15(14)11-20)8-12-4-6-18-7-5-12/h4-7,13-15H,1-3,8-11H2/t14-,15+/m0/s1. The van der Waals surface area contributed by atoms with Crippen molar-refractivity contribution in [2.75, 3.05) is 19.6 Å². The summed E-state index contributed by atoms with van der Waals surface area (Å²) in [6, 6.07) is 3.90. The van der Waals surface area contributed by atoms with E-state index < -0.39 is 0 Å². The van der Waals surface area contributed by atoms with Gasteiger partial charge in [0, 0.05) is 50.4 Å². The summed E-state index contributed by atoms with van der Waals surface area (Å²) in [5.74, 6) is 1.07. The molecule has 2 aliphatic heterocycles. The molecule has 3 fully saturated rings. The third-order valence-corrected chi connectivity index (χ3v) is 5.41. The van der Waals surface area contributed by atoms with Gasteiger partial charge < -0.3 is 9.80 Å². The molecule has 3 heterocycles. The van der Waals surface area contributed by atoms with Crippen LogP contribution in [0.4, 0.5) is 0 Å². The largest absolute Gasteiger partial charge is 0.341 e. The monoisotopic (exact) mass is 299 g/mol. The molecular weight excluding hydrogens is 278 g/mol. The zero-order chi connectivity index (χ0) is 15.1. The molecular formula is C17H21N3O2. The molecule has 1 aromatic rings. The maximum atomic E-state index is 12.6. The summed E-state index contributed by atoms with van der Waals surface area (Å²) in [6.45, 7) is 2.83. The fourth-order valence-corrected chi connectivity index (χ4v) is 3.89. The van der Waals surface area contributed by atoms with Gasteiger partial charge in [-0.05, 0) is 30.5 Å². The van der Waals surface area contributed by atoms with Crippen LogP contribution >= 0.6 is 0 Å². The van der Waals surface area contributed by atoms with Crippen molar-refractivity contribution in [3.05, 3.63) is 30.1 Å². The van der Waals surface area contributed by atoms with Crippen LogP contribution in [0.5, 0.6) is 0 Å². The van der Waals surface area contributed by atoms with Crippen LogP contribution in [0.1, 0.15) is 24.8 Å². The van der Waals surface area contributed by atoms with Crippen LogP contribution in [0.3, 0.4) is 0 Å². The maximum absolute atomic E-state index is 12.6. The van der Waals surface area contributed by atoms with E-state index in [0.29, 0.717) is 19.0 Å². The van der Waals surface area contributed by atoms with Crippen molar-refractivity contribution in [2.24, 2.45) is 17.8 Å². The topological polar surface area (TPSA) is 53.5 Å². The fourth-order valence-electron chi connectivity index (χ4n) is 3.89. The van der Waals surface area contributed by atoms with Gasteiger partial charge in [0.15, 0.2) is 0 Å². The zero-order valence-electron chi connectivity index (χ0n) is 12.6. The second kappa shape index (κ2) is 5.38. The third kappa shape index (κ3) is 2.28. The fraction of sp³-hybridized carbons (Fsp3) is 0.588. The molecule has 5 heteroatoms. The average Bonchev–Trinajstić information content (AvgIpc) is 2.99. The Balaban J connectivity index is 1.39. The van der Waals surface area contributed by atoms with Crippen molar-refractivity contribution >= 4 is 11.8 Å². The lowest BCUT2D eigenvalue weighted by atomic mass is 9.84. The molecule has 22 heavy (non-hydrogen) atoms. The van der Waals surface area contributed by atoms with Crippen LogP contribution in [0.2, 0.25) is 0 Å². The summed E-state index contributed by atoms with van der Waals surface area (Å²) in [6.07, 6.45) is 6.76. The Morgan fingerprint density at radius 3 is 2.59 bits per heavy atom. The van der Waals surface area contributed by atoms with Crippen molar-refractivity contribution in [1.29, 1.82) is 0 Å². The van der Waals surface area contributed by atoms with Gasteiger partial charge in [0.05, 0.1) is 5.92 Å². The van der Waals surface area contributed by atoms with Gasteiger partial charge >= 0.3 is 0 Å². The molecule has 0 N–H and O–H groups in total. The van der Waals surface area contributed by atoms with Gasteiger partial charge in [0.2, 0.25) is 11.8 Å². The summed E-state index contributed by atoms with van der Waals surface area (Å²) >= 11 is 0. The van der Waals surface area contributed by atoms with E-state index in [1.54, 1.807) is 12.4 Å². The number of nitrogens with zero attached hydrogens (tertiary/aromatic N) is 3. The summed E-state index contributed by atoms with van der Waals surface area (Å²) in [5.41, 5.74) is 1.12. The Kier molecular flexibility index (Phi) is 3.36. The first kappa shape index (κ1) is 13.7. The van der Waals surface area contributed by atoms with Crippen LogP contribution < -0.4 is 0 Å². The number of fused-ring (bicyclic) bond motifs is 1. The molecule has 2 atom stereocenters. The number of likely N-dealkylation sites (tertiary alicyclic amines) is 2. The van der Waals surface area contributed by atoms with Crippen LogP contribution in [-0.4, -0.2) is 46.2 Å². The molecule has 3 aliphatic rings. The summed E-state index contributed by atoms with van der Waals surface area (Å²) in [4.78, 5) is 32.8. The van der Waals surface area contributed by atoms with Crippen molar-refractivity contribution in [3.8, 4) is 0 Å². The zero-order valence-corrected chi connectivity index (χ0v) is 12.6. The molecule has 0 radical (unpaired) electrons. The predicted molar refractivity (Wildman–Crippen MR) is 80.6 cm³/mol. The minimum absolute atomic E-state index is 0.0193. The highest BCUT2D eigenvalue weighted by Crippen LogP contribution is 2.36. The molecule has 116 valence electrons. The Hall–Kier alpha value is -1.91. The Labute approximate surface area is 130 Å². The molecule has 5 nitrogen and oxygen atoms in total. The second-order valence-corrected chi connectivity index (χ2v) is 6.81. The van der Waals surface area contributed by atoms with Crippen molar-refractivity contribution in [2.45, 2.75) is 25.8 Å². The first-order valence-electron chi connectivity index (χ1n) is 8.19. The van der Waals surface area contributed by atoms with E-state index >= 15 is 0 Å². The number of rotatable bonds is 3. The molecule has 4 rings (SSSR count). The molecule has 0 spiro atoms. The highest BCUT2D eigenvalue weighted by atomic mass is 16.2. The van der Waals surface area contributed by atoms with E-state index in [9.17, 15) is 9.59 Å². The van der Waals surface area contributed by atoms with E-state index in [1.807, 2.05) is 21.9 Å². The summed E-state index contributed by atoms with van der Waals surface area (Å²) < 4.78 is 0. The van der Waals surface area contributed by atoms with Gasteiger partial charge in [-0.2, -0.15) is 0 Å². The first-order chi connectivity index (χ1) is 10.7. The Morgan fingerprint density at radius 2 is 1.95 bits per heavy atom. The smallest absolute Gasteiger partial charge is 0.228 e. The molecule has 2 amide bonds. The van der Waals surface area contributed by atoms with Crippen molar-refractivity contribution in [3.63, 3.8) is 0 Å². The van der Waals surface area contributed by atoms with E-state index in [0.717, 1.165) is 31.5 Å². The summed E-state index contributed by atoms with van der Waals surface area (Å²) in [7, 11) is 0. The first-order valence-corrected chi connectivity index (χ1v) is 8.19. The summed E-state index contributed by atoms with van der Waals surface area (Å²) in [5, 5.41) is 0. The highest BCUT2D eigenvalue weighted by Gasteiger charge is 2.48. The van der Waals surface area contributed by atoms with E-state index in [1.165, 1.54) is 6.42 Å². The number of hydrogen-bond donors (Lipinski definition) is 0. The quantitative estimate of drug-likeness (QED) is 0.845. The lowest BCUT2D eigenvalue weighted by Crippen LogP contribution is -2.40. The van der Waals surface area contributed by atoms with Gasteiger partial charge in [-0.1, -0.05) is 6.42 Å². The molecule has 2 saturated heterocycles. The van der Waals surface area contributed by atoms with E-state index in [2.05, 4.69) is 4.98 Å². The second-order valence-electron chi connectivity index (χ2n) is 6.81. The number of amides is 2. The van der Waals surface area contributed by atoms with Gasteiger partial charge in [-0.25, -0.2) is 0 Å². The third-order valence-electron chi connectivity index (χ3n) is 5.41. The van der Waals surface area contributed by atoms with Gasteiger partial charge in [0.25, 0.3) is 0 Å².